The van der Waals surface area contributed by atoms with Crippen molar-refractivity contribution in [2.24, 2.45) is 5.92 Å². The minimum atomic E-state index is -0.928. The molecule has 0 aliphatic carbocycles. The molecule has 0 spiro atoms. The van der Waals surface area contributed by atoms with Crippen LogP contribution in [0.3, 0.4) is 0 Å². The number of aromatic nitrogens is 3. The quantitative estimate of drug-likeness (QED) is 0.329. The van der Waals surface area contributed by atoms with Gasteiger partial charge in [0.05, 0.1) is 48.0 Å². The summed E-state index contributed by atoms with van der Waals surface area (Å²) in [6.45, 7) is 5.22. The lowest BCUT2D eigenvalue weighted by molar-refractivity contribution is -0.0394. The van der Waals surface area contributed by atoms with E-state index in [4.69, 9.17) is 24.7 Å². The van der Waals surface area contributed by atoms with Gasteiger partial charge in [0.2, 0.25) is 5.88 Å². The number of pyridine rings is 1. The molecule has 2 aliphatic heterocycles. The first-order chi connectivity index (χ1) is 19.6. The lowest BCUT2D eigenvalue weighted by atomic mass is 9.93. The average Bonchev–Trinajstić information content (AvgIpc) is 3.30. The fourth-order valence-electron chi connectivity index (χ4n) is 5.44. The predicted molar refractivity (Wildman–Crippen MR) is 148 cm³/mol. The Hall–Kier alpha value is -4.26. The number of hydrogen-bond acceptors (Lipinski definition) is 7. The van der Waals surface area contributed by atoms with Crippen LogP contribution in [0.1, 0.15) is 51.8 Å². The molecule has 4 heterocycles. The van der Waals surface area contributed by atoms with Crippen molar-refractivity contribution in [1.29, 1.82) is 5.26 Å². The smallest absolute Gasteiger partial charge is 0.335 e. The number of hydrogen-bond donors (Lipinski definition) is 1. The van der Waals surface area contributed by atoms with Crippen LogP contribution in [-0.4, -0.2) is 56.8 Å². The molecule has 40 heavy (non-hydrogen) atoms. The third-order valence-electron chi connectivity index (χ3n) is 7.81. The first kappa shape index (κ1) is 26.0. The Labute approximate surface area is 232 Å². The number of rotatable bonds is 9. The van der Waals surface area contributed by atoms with Crippen LogP contribution >= 0.6 is 0 Å². The number of likely N-dealkylation sites (tertiary alicyclic amines) is 1. The molecule has 0 amide bonds. The number of benzene rings is 2. The van der Waals surface area contributed by atoms with Gasteiger partial charge in [-0.1, -0.05) is 18.2 Å². The SMILES string of the molecule is N#Cc1ccc(COc2cccc(C3CCN(Cc4nc5ccc(C(=O)O)cc5n4CC4COC4)CC3)n2)cc1. The van der Waals surface area contributed by atoms with E-state index in [1.54, 1.807) is 24.3 Å². The summed E-state index contributed by atoms with van der Waals surface area (Å²) in [7, 11) is 0. The fourth-order valence-corrected chi connectivity index (χ4v) is 5.44. The highest BCUT2D eigenvalue weighted by Crippen LogP contribution is 2.30. The summed E-state index contributed by atoms with van der Waals surface area (Å²) in [6.07, 6.45) is 1.98. The Morgan fingerprint density at radius 2 is 1.88 bits per heavy atom. The third kappa shape index (κ3) is 5.69. The van der Waals surface area contributed by atoms with E-state index in [0.29, 0.717) is 29.9 Å². The van der Waals surface area contributed by atoms with E-state index < -0.39 is 5.97 Å². The standard InChI is InChI=1S/C31H31N5O4/c32-15-21-4-6-22(7-5-21)20-40-30-3-1-2-26(34-30)24-10-12-35(13-11-24)17-29-33-27-9-8-25(31(37)38)14-28(27)36(29)16-23-18-39-19-23/h1-9,14,23-24H,10-13,16-20H2,(H,37,38). The average molecular weight is 538 g/mol. The molecule has 2 aromatic carbocycles. The van der Waals surface area contributed by atoms with Crippen LogP contribution in [0, 0.1) is 17.2 Å². The number of piperidine rings is 1. The van der Waals surface area contributed by atoms with Gasteiger partial charge in [-0.3, -0.25) is 4.90 Å². The van der Waals surface area contributed by atoms with Crippen LogP contribution in [0.15, 0.2) is 60.7 Å². The number of ether oxygens (including phenoxy) is 2. The van der Waals surface area contributed by atoms with Crippen LogP contribution in [0.4, 0.5) is 0 Å². The molecule has 2 aromatic heterocycles. The summed E-state index contributed by atoms with van der Waals surface area (Å²) < 4.78 is 13.5. The number of carboxylic acid groups (broad SMARTS) is 1. The number of imidazole rings is 1. The number of fused-ring (bicyclic) bond motifs is 1. The van der Waals surface area contributed by atoms with Crippen LogP contribution in [-0.2, 0) is 24.4 Å². The molecule has 0 unspecified atom stereocenters. The number of carboxylic acids is 1. The van der Waals surface area contributed by atoms with Crippen molar-refractivity contribution in [3.8, 4) is 11.9 Å². The van der Waals surface area contributed by atoms with Gasteiger partial charge in [0, 0.05) is 30.1 Å². The van der Waals surface area contributed by atoms with Crippen LogP contribution < -0.4 is 4.74 Å². The summed E-state index contributed by atoms with van der Waals surface area (Å²) in [6, 6.07) is 20.6. The zero-order valence-electron chi connectivity index (χ0n) is 22.2. The highest BCUT2D eigenvalue weighted by molar-refractivity contribution is 5.92. The molecule has 2 saturated heterocycles. The monoisotopic (exact) mass is 537 g/mol. The Morgan fingerprint density at radius 3 is 2.58 bits per heavy atom. The van der Waals surface area contributed by atoms with Gasteiger partial charge in [-0.15, -0.1) is 0 Å². The van der Waals surface area contributed by atoms with Crippen LogP contribution in [0.2, 0.25) is 0 Å². The van der Waals surface area contributed by atoms with Crippen LogP contribution in [0.25, 0.3) is 11.0 Å². The Morgan fingerprint density at radius 1 is 1.07 bits per heavy atom. The highest BCUT2D eigenvalue weighted by atomic mass is 16.5. The zero-order valence-corrected chi connectivity index (χ0v) is 22.2. The zero-order chi connectivity index (χ0) is 27.5. The molecule has 6 rings (SSSR count). The molecular formula is C31H31N5O4. The molecule has 9 nitrogen and oxygen atoms in total. The van der Waals surface area contributed by atoms with Crippen molar-refractivity contribution in [2.75, 3.05) is 26.3 Å². The van der Waals surface area contributed by atoms with Gasteiger partial charge in [-0.05, 0) is 67.9 Å². The maximum Gasteiger partial charge on any atom is 0.335 e. The first-order valence-corrected chi connectivity index (χ1v) is 13.7. The molecule has 204 valence electrons. The van der Waals surface area contributed by atoms with E-state index in [1.165, 1.54) is 0 Å². The fraction of sp³-hybridized carbons (Fsp3) is 0.355. The molecule has 2 aliphatic rings. The maximum absolute atomic E-state index is 11.6. The van der Waals surface area contributed by atoms with Crippen LogP contribution in [0.5, 0.6) is 5.88 Å². The summed E-state index contributed by atoms with van der Waals surface area (Å²) in [5.41, 5.74) is 4.66. The molecular weight excluding hydrogens is 506 g/mol. The third-order valence-corrected chi connectivity index (χ3v) is 7.81. The lowest BCUT2D eigenvalue weighted by Gasteiger charge is -2.32. The van der Waals surface area contributed by atoms with Crippen molar-refractivity contribution in [3.63, 3.8) is 0 Å². The second-order valence-corrected chi connectivity index (χ2v) is 10.6. The Kier molecular flexibility index (Phi) is 7.45. The molecule has 4 aromatic rings. The molecule has 0 radical (unpaired) electrons. The summed E-state index contributed by atoms with van der Waals surface area (Å²) in [5.74, 6) is 1.44. The topological polar surface area (TPSA) is 114 Å². The second kappa shape index (κ2) is 11.5. The van der Waals surface area contributed by atoms with Gasteiger partial charge >= 0.3 is 5.97 Å². The molecule has 9 heteroatoms. The molecule has 0 saturated carbocycles. The van der Waals surface area contributed by atoms with Gasteiger partial charge in [0.1, 0.15) is 12.4 Å². The Balaban J connectivity index is 1.10. The van der Waals surface area contributed by atoms with E-state index in [-0.39, 0.29) is 5.56 Å². The lowest BCUT2D eigenvalue weighted by Crippen LogP contribution is -2.35. The largest absolute Gasteiger partial charge is 0.478 e. The first-order valence-electron chi connectivity index (χ1n) is 13.7. The highest BCUT2D eigenvalue weighted by Gasteiger charge is 2.26. The minimum Gasteiger partial charge on any atom is -0.478 e. The second-order valence-electron chi connectivity index (χ2n) is 10.6. The van der Waals surface area contributed by atoms with E-state index in [9.17, 15) is 9.90 Å². The van der Waals surface area contributed by atoms with E-state index in [1.807, 2.05) is 30.3 Å². The van der Waals surface area contributed by atoms with Crippen molar-refractivity contribution < 1.29 is 19.4 Å². The van der Waals surface area contributed by atoms with Crippen molar-refractivity contribution >= 4 is 17.0 Å². The molecule has 2 fully saturated rings. The van der Waals surface area contributed by atoms with Crippen molar-refractivity contribution in [3.05, 3.63) is 88.9 Å². The number of nitrogens with zero attached hydrogens (tertiary/aromatic N) is 5. The minimum absolute atomic E-state index is 0.279. The summed E-state index contributed by atoms with van der Waals surface area (Å²) >= 11 is 0. The number of aromatic carboxylic acids is 1. The predicted octanol–water partition coefficient (Wildman–Crippen LogP) is 4.61. The van der Waals surface area contributed by atoms with Gasteiger partial charge < -0.3 is 19.1 Å². The van der Waals surface area contributed by atoms with Gasteiger partial charge in [-0.2, -0.15) is 5.26 Å². The van der Waals surface area contributed by atoms with Crippen molar-refractivity contribution in [1.82, 2.24) is 19.4 Å². The van der Waals surface area contributed by atoms with Gasteiger partial charge in [0.15, 0.2) is 0 Å². The van der Waals surface area contributed by atoms with Crippen molar-refractivity contribution in [2.45, 2.75) is 38.5 Å². The number of carbonyl (C=O) groups is 1. The number of nitriles is 1. The molecule has 1 N–H and O–H groups in total. The Bertz CT molecular complexity index is 1550. The summed E-state index contributed by atoms with van der Waals surface area (Å²) in [4.78, 5) is 23.7. The summed E-state index contributed by atoms with van der Waals surface area (Å²) in [5, 5.41) is 18.5. The molecule has 0 bridgehead atoms. The van der Waals surface area contributed by atoms with E-state index in [2.05, 4.69) is 21.6 Å². The van der Waals surface area contributed by atoms with E-state index in [0.717, 1.165) is 80.3 Å². The maximum atomic E-state index is 11.6. The molecule has 0 atom stereocenters. The van der Waals surface area contributed by atoms with E-state index >= 15 is 0 Å². The van der Waals surface area contributed by atoms with Gasteiger partial charge in [-0.25, -0.2) is 14.8 Å². The normalized spacial score (nSPS) is 16.5. The van der Waals surface area contributed by atoms with Gasteiger partial charge in [0.25, 0.3) is 0 Å².